The Bertz CT molecular complexity index is 1380. The second kappa shape index (κ2) is 7.64. The van der Waals surface area contributed by atoms with E-state index in [0.29, 0.717) is 17.2 Å². The molecular formula is C26H19Br2NO4. The molecule has 0 bridgehead atoms. The van der Waals surface area contributed by atoms with E-state index in [0.717, 1.165) is 48.0 Å². The molecule has 0 spiro atoms. The lowest BCUT2D eigenvalue weighted by Gasteiger charge is -2.21. The molecule has 0 saturated heterocycles. The van der Waals surface area contributed by atoms with Gasteiger partial charge in [-0.25, -0.2) is 0 Å². The van der Waals surface area contributed by atoms with Crippen LogP contribution in [0, 0.1) is 0 Å². The van der Waals surface area contributed by atoms with Crippen LogP contribution < -0.4 is 19.5 Å². The van der Waals surface area contributed by atoms with Crippen molar-refractivity contribution in [1.82, 2.24) is 0 Å². The first-order chi connectivity index (χ1) is 16.0. The molecule has 0 saturated carbocycles. The Morgan fingerprint density at radius 1 is 1.03 bits per heavy atom. The van der Waals surface area contributed by atoms with Gasteiger partial charge in [0.25, 0.3) is 0 Å². The van der Waals surface area contributed by atoms with Gasteiger partial charge in [0, 0.05) is 14.9 Å². The van der Waals surface area contributed by atoms with Gasteiger partial charge in [-0.1, -0.05) is 45.8 Å². The van der Waals surface area contributed by atoms with E-state index in [9.17, 15) is 4.79 Å². The molecule has 2 unspecified atom stereocenters. The number of amides is 1. The molecule has 3 aromatic rings. The first-order valence-electron chi connectivity index (χ1n) is 10.6. The Kier molecular flexibility index (Phi) is 4.82. The highest BCUT2D eigenvalue weighted by Crippen LogP contribution is 2.56. The fraction of sp³-hybridized carbons (Fsp3) is 0.192. The predicted molar refractivity (Wildman–Crippen MR) is 133 cm³/mol. The molecule has 5 nitrogen and oxygen atoms in total. The lowest BCUT2D eigenvalue weighted by atomic mass is 9.80. The second-order valence-corrected chi connectivity index (χ2v) is 10.1. The van der Waals surface area contributed by atoms with Crippen molar-refractivity contribution in [2.24, 2.45) is 0 Å². The molecule has 33 heavy (non-hydrogen) atoms. The normalized spacial score (nSPS) is 20.1. The highest BCUT2D eigenvalue weighted by molar-refractivity contribution is 9.11. The SMILES string of the molecule is COc1cc(C2=C(C)C(C3C(=O)Nc4c(Br)cc(Br)cc43)c3ccccc32)cc2c1OCO2. The van der Waals surface area contributed by atoms with E-state index in [4.69, 9.17) is 14.2 Å². The Balaban J connectivity index is 1.56. The smallest absolute Gasteiger partial charge is 0.232 e. The third kappa shape index (κ3) is 3.05. The largest absolute Gasteiger partial charge is 0.493 e. The molecule has 1 amide bonds. The zero-order chi connectivity index (χ0) is 22.9. The molecule has 1 N–H and O–H groups in total. The molecule has 0 radical (unpaired) electrons. The zero-order valence-electron chi connectivity index (χ0n) is 17.9. The molecule has 3 aliphatic rings. The van der Waals surface area contributed by atoms with Crippen molar-refractivity contribution in [2.45, 2.75) is 18.8 Å². The minimum absolute atomic E-state index is 0.00692. The molecule has 2 aliphatic heterocycles. The number of hydrogen-bond acceptors (Lipinski definition) is 4. The fourth-order valence-electron chi connectivity index (χ4n) is 5.33. The van der Waals surface area contributed by atoms with E-state index < -0.39 is 0 Å². The summed E-state index contributed by atoms with van der Waals surface area (Å²) in [5.41, 5.74) is 7.32. The summed E-state index contributed by atoms with van der Waals surface area (Å²) in [7, 11) is 1.63. The molecule has 7 heteroatoms. The summed E-state index contributed by atoms with van der Waals surface area (Å²) in [5, 5.41) is 3.09. The number of carbonyl (C=O) groups excluding carboxylic acids is 1. The lowest BCUT2D eigenvalue weighted by molar-refractivity contribution is -0.117. The van der Waals surface area contributed by atoms with Gasteiger partial charge in [-0.3, -0.25) is 4.79 Å². The van der Waals surface area contributed by atoms with Gasteiger partial charge in [0.1, 0.15) is 0 Å². The van der Waals surface area contributed by atoms with Crippen LogP contribution >= 0.6 is 31.9 Å². The Labute approximate surface area is 208 Å². The molecule has 0 aromatic heterocycles. The van der Waals surface area contributed by atoms with Crippen molar-refractivity contribution in [2.75, 3.05) is 19.2 Å². The highest BCUT2D eigenvalue weighted by atomic mass is 79.9. The summed E-state index contributed by atoms with van der Waals surface area (Å²) < 4.78 is 18.7. The van der Waals surface area contributed by atoms with E-state index in [2.05, 4.69) is 56.2 Å². The van der Waals surface area contributed by atoms with Gasteiger partial charge < -0.3 is 19.5 Å². The van der Waals surface area contributed by atoms with Crippen LogP contribution in [-0.2, 0) is 4.79 Å². The van der Waals surface area contributed by atoms with Gasteiger partial charge in [-0.2, -0.15) is 0 Å². The number of allylic oxidation sites excluding steroid dienone is 1. The number of fused-ring (bicyclic) bond motifs is 3. The van der Waals surface area contributed by atoms with Gasteiger partial charge in [-0.15, -0.1) is 0 Å². The van der Waals surface area contributed by atoms with Gasteiger partial charge >= 0.3 is 0 Å². The average molecular weight is 569 g/mol. The third-order valence-corrected chi connectivity index (χ3v) is 7.74. The number of carbonyl (C=O) groups is 1. The monoisotopic (exact) mass is 567 g/mol. The van der Waals surface area contributed by atoms with E-state index in [1.165, 1.54) is 0 Å². The van der Waals surface area contributed by atoms with Crippen LogP contribution in [-0.4, -0.2) is 19.8 Å². The molecule has 1 aliphatic carbocycles. The van der Waals surface area contributed by atoms with E-state index in [1.807, 2.05) is 36.4 Å². The zero-order valence-corrected chi connectivity index (χ0v) is 21.0. The van der Waals surface area contributed by atoms with Crippen molar-refractivity contribution >= 4 is 49.0 Å². The van der Waals surface area contributed by atoms with Crippen molar-refractivity contribution in [3.63, 3.8) is 0 Å². The highest BCUT2D eigenvalue weighted by Gasteiger charge is 2.44. The van der Waals surface area contributed by atoms with Crippen LogP contribution in [0.4, 0.5) is 5.69 Å². The predicted octanol–water partition coefficient (Wildman–Crippen LogP) is 6.60. The summed E-state index contributed by atoms with van der Waals surface area (Å²) in [6.45, 7) is 2.30. The number of nitrogens with one attached hydrogen (secondary N) is 1. The number of halogens is 2. The van der Waals surface area contributed by atoms with Crippen molar-refractivity contribution in [3.8, 4) is 17.2 Å². The Morgan fingerprint density at radius 2 is 1.85 bits per heavy atom. The first-order valence-corrected chi connectivity index (χ1v) is 12.1. The Hall–Kier alpha value is -2.77. The maximum absolute atomic E-state index is 13.3. The van der Waals surface area contributed by atoms with Crippen LogP contribution in [0.1, 0.15) is 41.0 Å². The molecule has 6 rings (SSSR count). The van der Waals surface area contributed by atoms with Crippen LogP contribution in [0.5, 0.6) is 17.2 Å². The molecule has 2 atom stereocenters. The van der Waals surface area contributed by atoms with Crippen molar-refractivity contribution < 1.29 is 19.0 Å². The number of rotatable bonds is 3. The third-order valence-electron chi connectivity index (χ3n) is 6.66. The number of benzene rings is 3. The van der Waals surface area contributed by atoms with Gasteiger partial charge in [0.05, 0.1) is 18.7 Å². The summed E-state index contributed by atoms with van der Waals surface area (Å²) in [5.74, 6) is 1.52. The maximum atomic E-state index is 13.3. The second-order valence-electron chi connectivity index (χ2n) is 8.35. The topological polar surface area (TPSA) is 56.8 Å². The van der Waals surface area contributed by atoms with Crippen molar-refractivity contribution in [3.05, 3.63) is 85.3 Å². The minimum Gasteiger partial charge on any atom is -0.493 e. The molecule has 2 heterocycles. The van der Waals surface area contributed by atoms with Crippen LogP contribution in [0.2, 0.25) is 0 Å². The summed E-state index contributed by atoms with van der Waals surface area (Å²) in [6, 6.07) is 16.3. The average Bonchev–Trinajstić information content (AvgIpc) is 3.47. The van der Waals surface area contributed by atoms with Gasteiger partial charge in [0.15, 0.2) is 11.5 Å². The first kappa shape index (κ1) is 20.8. The molecule has 166 valence electrons. The van der Waals surface area contributed by atoms with Gasteiger partial charge in [-0.05, 0) is 74.9 Å². The molecule has 0 fully saturated rings. The fourth-order valence-corrected chi connectivity index (χ4v) is 6.68. The molecule has 3 aromatic carbocycles. The molecular weight excluding hydrogens is 550 g/mol. The summed E-state index contributed by atoms with van der Waals surface area (Å²) in [4.78, 5) is 13.3. The van der Waals surface area contributed by atoms with Crippen LogP contribution in [0.3, 0.4) is 0 Å². The van der Waals surface area contributed by atoms with Crippen LogP contribution in [0.25, 0.3) is 5.57 Å². The van der Waals surface area contributed by atoms with E-state index in [1.54, 1.807) is 7.11 Å². The number of hydrogen-bond donors (Lipinski definition) is 1. The Morgan fingerprint density at radius 3 is 2.67 bits per heavy atom. The maximum Gasteiger partial charge on any atom is 0.232 e. The summed E-state index contributed by atoms with van der Waals surface area (Å²) >= 11 is 7.20. The quantitative estimate of drug-likeness (QED) is 0.386. The summed E-state index contributed by atoms with van der Waals surface area (Å²) in [6.07, 6.45) is 0. The van der Waals surface area contributed by atoms with E-state index in [-0.39, 0.29) is 24.5 Å². The number of anilines is 1. The van der Waals surface area contributed by atoms with Crippen molar-refractivity contribution in [1.29, 1.82) is 0 Å². The minimum atomic E-state index is -0.330. The number of methoxy groups -OCH3 is 1. The van der Waals surface area contributed by atoms with E-state index >= 15 is 0 Å². The van der Waals surface area contributed by atoms with Crippen LogP contribution in [0.15, 0.2) is 63.0 Å². The standard InChI is InChI=1S/C26H19Br2NO4/c1-12-21(13-7-19(31-2)25-20(8-13)32-11-33-25)15-5-3-4-6-16(15)22(12)23-17-9-14(27)10-18(28)24(17)29-26(23)30/h3-10,22-23H,11H2,1-2H3,(H,29,30). The van der Waals surface area contributed by atoms with Gasteiger partial charge in [0.2, 0.25) is 18.4 Å². The number of ether oxygens (including phenoxy) is 3. The lowest BCUT2D eigenvalue weighted by Crippen LogP contribution is -2.19.